The average Bonchev–Trinajstić information content (AvgIpc) is 2.06. The van der Waals surface area contributed by atoms with Crippen LogP contribution in [0.5, 0.6) is 0 Å². The molecule has 0 aromatic heterocycles. The van der Waals surface area contributed by atoms with Gasteiger partial charge in [-0.3, -0.25) is 6.29 Å². The maximum atomic E-state index is 10.9. The minimum atomic E-state index is -0.102. The Morgan fingerprint density at radius 1 is 1.21 bits per heavy atom. The summed E-state index contributed by atoms with van der Waals surface area (Å²) < 4.78 is 0. The standard InChI is InChI=1S/C10H9O2.Er.H2O/c11-7-6-10(12)8-9-4-2-1-3-5-9;;/h1-5H,6,8H2;;1H2/q-1;;. The number of carbonyl (C=O) groups excluding carboxylic acids is 2. The van der Waals surface area contributed by atoms with Crippen molar-refractivity contribution < 1.29 is 52.4 Å². The molecule has 0 radical (unpaired) electrons. The van der Waals surface area contributed by atoms with Gasteiger partial charge in [0.15, 0.2) is 0 Å². The largest absolute Gasteiger partial charge is 0.541 e. The molecule has 1 rings (SSSR count). The van der Waals surface area contributed by atoms with E-state index in [4.69, 9.17) is 0 Å². The summed E-state index contributed by atoms with van der Waals surface area (Å²) in [6.07, 6.45) is 1.82. The van der Waals surface area contributed by atoms with Crippen molar-refractivity contribution in [3.05, 3.63) is 35.9 Å². The van der Waals surface area contributed by atoms with E-state index in [1.54, 1.807) is 6.29 Å². The fourth-order valence-electron chi connectivity index (χ4n) is 0.967. The predicted molar refractivity (Wildman–Crippen MR) is 49.1 cm³/mol. The molecule has 0 saturated heterocycles. The van der Waals surface area contributed by atoms with Crippen LogP contribution < -0.4 is 0 Å². The molecule has 0 spiro atoms. The van der Waals surface area contributed by atoms with Crippen molar-refractivity contribution >= 4 is 12.1 Å². The zero-order chi connectivity index (χ0) is 8.81. The third-order valence-corrected chi connectivity index (χ3v) is 1.51. The summed E-state index contributed by atoms with van der Waals surface area (Å²) in [4.78, 5) is 20.8. The number of Topliss-reactive ketones (excluding diaryl/α,β-unsaturated/α-hetero) is 1. The van der Waals surface area contributed by atoms with Crippen molar-refractivity contribution in [2.24, 2.45) is 0 Å². The summed E-state index contributed by atoms with van der Waals surface area (Å²) in [7, 11) is 0. The van der Waals surface area contributed by atoms with Crippen molar-refractivity contribution in [2.75, 3.05) is 0 Å². The summed E-state index contributed by atoms with van der Waals surface area (Å²) in [5, 5.41) is 0. The first-order valence-corrected chi connectivity index (χ1v) is 3.73. The summed E-state index contributed by atoms with van der Waals surface area (Å²) >= 11 is 0. The SMILES string of the molecule is O.O=[C-]CC(=O)Cc1ccccc1.[Er]. The van der Waals surface area contributed by atoms with Gasteiger partial charge in [0.2, 0.25) is 0 Å². The van der Waals surface area contributed by atoms with Crippen molar-refractivity contribution in [1.82, 2.24) is 0 Å². The average molecular weight is 346 g/mol. The van der Waals surface area contributed by atoms with Crippen LogP contribution in [0.25, 0.3) is 0 Å². The van der Waals surface area contributed by atoms with E-state index in [1.807, 2.05) is 30.3 Å². The van der Waals surface area contributed by atoms with E-state index in [0.29, 0.717) is 6.42 Å². The van der Waals surface area contributed by atoms with Gasteiger partial charge in [-0.1, -0.05) is 36.8 Å². The number of ketones is 1. The minimum Gasteiger partial charge on any atom is -0.541 e. The molecule has 3 nitrogen and oxygen atoms in total. The Balaban J connectivity index is 0. The van der Waals surface area contributed by atoms with Gasteiger partial charge in [0.1, 0.15) is 5.78 Å². The normalized spacial score (nSPS) is 8.00. The summed E-state index contributed by atoms with van der Waals surface area (Å²) in [5.41, 5.74) is 0.942. The van der Waals surface area contributed by atoms with E-state index in [0.717, 1.165) is 5.56 Å². The van der Waals surface area contributed by atoms with Crippen LogP contribution in [0.3, 0.4) is 0 Å². The van der Waals surface area contributed by atoms with Crippen LogP contribution in [-0.2, 0) is 16.0 Å². The van der Waals surface area contributed by atoms with E-state index in [1.165, 1.54) is 0 Å². The van der Waals surface area contributed by atoms with Gasteiger partial charge < -0.3 is 15.1 Å². The topological polar surface area (TPSA) is 65.6 Å². The monoisotopic (exact) mass is 345 g/mol. The first-order valence-electron chi connectivity index (χ1n) is 3.73. The van der Waals surface area contributed by atoms with E-state index < -0.39 is 0 Å². The molecule has 0 aliphatic rings. The van der Waals surface area contributed by atoms with Gasteiger partial charge in [-0.15, -0.1) is 0 Å². The molecule has 0 amide bonds. The Bertz CT molecular complexity index is 272. The number of hydrogen-bond donors (Lipinski definition) is 0. The van der Waals surface area contributed by atoms with E-state index >= 15 is 0 Å². The molecule has 0 bridgehead atoms. The summed E-state index contributed by atoms with van der Waals surface area (Å²) in [6, 6.07) is 9.35. The minimum absolute atomic E-state index is 0. The van der Waals surface area contributed by atoms with Crippen LogP contribution in [0.4, 0.5) is 0 Å². The van der Waals surface area contributed by atoms with Crippen LogP contribution in [0.1, 0.15) is 12.0 Å². The van der Waals surface area contributed by atoms with Gasteiger partial charge in [-0.2, -0.15) is 0 Å². The smallest absolute Gasteiger partial charge is 0.111 e. The van der Waals surface area contributed by atoms with Gasteiger partial charge in [0, 0.05) is 43.7 Å². The molecule has 1 aromatic rings. The molecular weight excluding hydrogens is 335 g/mol. The first-order chi connectivity index (χ1) is 5.83. The molecule has 1 aromatic carbocycles. The second-order valence-corrected chi connectivity index (χ2v) is 2.52. The number of carbonyl (C=O) groups is 1. The molecule has 0 atom stereocenters. The van der Waals surface area contributed by atoms with Crippen molar-refractivity contribution in [3.8, 4) is 0 Å². The molecule has 0 unspecified atom stereocenters. The zero-order valence-corrected chi connectivity index (χ0v) is 9.26. The molecule has 0 saturated carbocycles. The molecule has 0 heterocycles. The van der Waals surface area contributed by atoms with Crippen LogP contribution in [0, 0.1) is 37.3 Å². The van der Waals surface area contributed by atoms with Gasteiger partial charge in [0.25, 0.3) is 0 Å². The quantitative estimate of drug-likeness (QED) is 0.588. The second-order valence-electron chi connectivity index (χ2n) is 2.52. The fourth-order valence-corrected chi connectivity index (χ4v) is 0.967. The van der Waals surface area contributed by atoms with Gasteiger partial charge >= 0.3 is 0 Å². The molecule has 82 valence electrons. The Labute approximate surface area is 112 Å². The zero-order valence-electron chi connectivity index (χ0n) is 7.41. The second kappa shape index (κ2) is 9.33. The molecular formula is C10H11ErO3-. The van der Waals surface area contributed by atoms with Crippen LogP contribution in [0.2, 0.25) is 0 Å². The first kappa shape index (κ1) is 16.2. The van der Waals surface area contributed by atoms with Crippen molar-refractivity contribution in [1.29, 1.82) is 0 Å². The van der Waals surface area contributed by atoms with E-state index in [-0.39, 0.29) is 55.0 Å². The maximum absolute atomic E-state index is 10.9. The summed E-state index contributed by atoms with van der Waals surface area (Å²) in [5.74, 6) is -0.0869. The van der Waals surface area contributed by atoms with E-state index in [2.05, 4.69) is 0 Å². The molecule has 0 aliphatic heterocycles. The Morgan fingerprint density at radius 3 is 2.29 bits per heavy atom. The third-order valence-electron chi connectivity index (χ3n) is 1.51. The van der Waals surface area contributed by atoms with Gasteiger partial charge in [-0.05, 0) is 5.56 Å². The van der Waals surface area contributed by atoms with Gasteiger partial charge in [0.05, 0.1) is 0 Å². The van der Waals surface area contributed by atoms with Crippen molar-refractivity contribution in [2.45, 2.75) is 12.8 Å². The fraction of sp³-hybridized carbons (Fsp3) is 0.200. The van der Waals surface area contributed by atoms with Crippen LogP contribution in [0.15, 0.2) is 30.3 Å². The van der Waals surface area contributed by atoms with Crippen LogP contribution in [-0.4, -0.2) is 17.5 Å². The molecule has 14 heavy (non-hydrogen) atoms. The molecule has 2 N–H and O–H groups in total. The van der Waals surface area contributed by atoms with Crippen LogP contribution >= 0.6 is 0 Å². The number of hydrogen-bond acceptors (Lipinski definition) is 2. The summed E-state index contributed by atoms with van der Waals surface area (Å²) in [6.45, 7) is 0. The third kappa shape index (κ3) is 6.26. The Kier molecular flexibility index (Phi) is 10.8. The molecule has 0 fully saturated rings. The van der Waals surface area contributed by atoms with Crippen molar-refractivity contribution in [3.63, 3.8) is 0 Å². The maximum Gasteiger partial charge on any atom is 0.111 e. The predicted octanol–water partition coefficient (Wildman–Crippen LogP) is 0.473. The Morgan fingerprint density at radius 2 is 1.79 bits per heavy atom. The number of rotatable bonds is 4. The number of benzene rings is 1. The Hall–Kier alpha value is -0.233. The molecule has 4 heteroatoms. The van der Waals surface area contributed by atoms with Gasteiger partial charge in [-0.25, -0.2) is 0 Å². The van der Waals surface area contributed by atoms with E-state index in [9.17, 15) is 9.59 Å². The molecule has 0 aliphatic carbocycles.